The molecule has 0 atom stereocenters. The molecule has 88 valence electrons. The minimum atomic E-state index is 0. The monoisotopic (exact) mass is 250 g/mol. The lowest BCUT2D eigenvalue weighted by Crippen LogP contribution is -2.22. The average Bonchev–Trinajstić information content (AvgIpc) is 2.17. The van der Waals surface area contributed by atoms with Crippen LogP contribution in [0.1, 0.15) is 19.4 Å². The molecule has 4 heteroatoms. The van der Waals surface area contributed by atoms with E-state index in [1.165, 1.54) is 5.56 Å². The molecule has 15 heavy (non-hydrogen) atoms. The number of anilines is 1. The number of halogens is 2. The van der Waals surface area contributed by atoms with Gasteiger partial charge in [0.1, 0.15) is 0 Å². The molecule has 0 spiro atoms. The highest BCUT2D eigenvalue weighted by Gasteiger charge is 2.02. The van der Waals surface area contributed by atoms with Crippen LogP contribution in [0.2, 0.25) is 0 Å². The van der Waals surface area contributed by atoms with E-state index in [9.17, 15) is 0 Å². The van der Waals surface area contributed by atoms with E-state index in [-0.39, 0.29) is 24.8 Å². The van der Waals surface area contributed by atoms with Crippen molar-refractivity contribution in [3.05, 3.63) is 29.8 Å². The van der Waals surface area contributed by atoms with E-state index in [4.69, 9.17) is 5.73 Å². The first-order valence-electron chi connectivity index (χ1n) is 4.83. The van der Waals surface area contributed by atoms with Crippen molar-refractivity contribution in [2.45, 2.75) is 20.4 Å². The predicted molar refractivity (Wildman–Crippen MR) is 72.0 cm³/mol. The van der Waals surface area contributed by atoms with Crippen LogP contribution in [0.25, 0.3) is 0 Å². The summed E-state index contributed by atoms with van der Waals surface area (Å²) in [6, 6.07) is 8.06. The van der Waals surface area contributed by atoms with Crippen molar-refractivity contribution < 1.29 is 0 Å². The lowest BCUT2D eigenvalue weighted by atomic mass is 10.1. The van der Waals surface area contributed by atoms with Crippen molar-refractivity contribution in [1.29, 1.82) is 0 Å². The molecule has 0 aliphatic heterocycles. The molecule has 0 aliphatic carbocycles. The Morgan fingerprint density at radius 2 is 1.60 bits per heavy atom. The number of hydrogen-bond acceptors (Lipinski definition) is 2. The minimum absolute atomic E-state index is 0. The van der Waals surface area contributed by atoms with Crippen LogP contribution in [0.15, 0.2) is 24.3 Å². The highest BCUT2D eigenvalue weighted by atomic mass is 35.5. The molecule has 2 N–H and O–H groups in total. The second-order valence-corrected chi connectivity index (χ2v) is 3.16. The molecule has 0 unspecified atom stereocenters. The summed E-state index contributed by atoms with van der Waals surface area (Å²) in [6.07, 6.45) is 0. The van der Waals surface area contributed by atoms with Crippen molar-refractivity contribution >= 4 is 30.5 Å². The molecule has 1 rings (SSSR count). The van der Waals surface area contributed by atoms with Gasteiger partial charge in [-0.15, -0.1) is 24.8 Å². The first-order chi connectivity index (χ1) is 6.27. The van der Waals surface area contributed by atoms with Crippen LogP contribution in [0.4, 0.5) is 5.69 Å². The minimum Gasteiger partial charge on any atom is -0.398 e. The van der Waals surface area contributed by atoms with Gasteiger partial charge in [0.05, 0.1) is 0 Å². The SMILES string of the molecule is CCN(CC)Cc1ccccc1N.Cl.Cl. The maximum Gasteiger partial charge on any atom is 0.0359 e. The Hall–Kier alpha value is -0.440. The molecule has 0 amide bonds. The highest BCUT2D eigenvalue weighted by molar-refractivity contribution is 5.85. The van der Waals surface area contributed by atoms with Crippen LogP contribution in [-0.2, 0) is 6.54 Å². The second-order valence-electron chi connectivity index (χ2n) is 3.16. The van der Waals surface area contributed by atoms with Crippen LogP contribution in [-0.4, -0.2) is 18.0 Å². The largest absolute Gasteiger partial charge is 0.398 e. The van der Waals surface area contributed by atoms with E-state index in [0.29, 0.717) is 0 Å². The fourth-order valence-corrected chi connectivity index (χ4v) is 1.37. The summed E-state index contributed by atoms with van der Waals surface area (Å²) in [6.45, 7) is 7.45. The number of rotatable bonds is 4. The van der Waals surface area contributed by atoms with Crippen LogP contribution in [0, 0.1) is 0 Å². The van der Waals surface area contributed by atoms with E-state index in [2.05, 4.69) is 24.8 Å². The molecule has 0 heterocycles. The third-order valence-electron chi connectivity index (χ3n) is 2.34. The third kappa shape index (κ3) is 5.26. The molecule has 0 saturated heterocycles. The zero-order chi connectivity index (χ0) is 9.68. The molecule has 0 radical (unpaired) electrons. The van der Waals surface area contributed by atoms with Crippen molar-refractivity contribution in [3.63, 3.8) is 0 Å². The summed E-state index contributed by atoms with van der Waals surface area (Å²) in [7, 11) is 0. The standard InChI is InChI=1S/C11H18N2.2ClH/c1-3-13(4-2)9-10-7-5-6-8-11(10)12;;/h5-8H,3-4,9,12H2,1-2H3;2*1H. The highest BCUT2D eigenvalue weighted by Crippen LogP contribution is 2.12. The Morgan fingerprint density at radius 1 is 1.07 bits per heavy atom. The van der Waals surface area contributed by atoms with Gasteiger partial charge in [0.2, 0.25) is 0 Å². The number of hydrogen-bond donors (Lipinski definition) is 1. The van der Waals surface area contributed by atoms with Crippen molar-refractivity contribution in [1.82, 2.24) is 4.90 Å². The van der Waals surface area contributed by atoms with Crippen LogP contribution >= 0.6 is 24.8 Å². The summed E-state index contributed by atoms with van der Waals surface area (Å²) in [5.74, 6) is 0. The van der Waals surface area contributed by atoms with Gasteiger partial charge in [0, 0.05) is 12.2 Å². The molecule has 1 aromatic rings. The number of nitrogens with two attached hydrogens (primary N) is 1. The fourth-order valence-electron chi connectivity index (χ4n) is 1.37. The maximum absolute atomic E-state index is 5.85. The topological polar surface area (TPSA) is 29.3 Å². The van der Waals surface area contributed by atoms with Crippen molar-refractivity contribution in [2.24, 2.45) is 0 Å². The fraction of sp³-hybridized carbons (Fsp3) is 0.455. The van der Waals surface area contributed by atoms with Gasteiger partial charge in [-0.3, -0.25) is 4.90 Å². The summed E-state index contributed by atoms with van der Waals surface area (Å²) < 4.78 is 0. The second kappa shape index (κ2) is 8.84. The van der Waals surface area contributed by atoms with Gasteiger partial charge >= 0.3 is 0 Å². The first kappa shape index (κ1) is 17.0. The van der Waals surface area contributed by atoms with Crippen molar-refractivity contribution in [3.8, 4) is 0 Å². The molecule has 0 fully saturated rings. The van der Waals surface area contributed by atoms with Crippen LogP contribution < -0.4 is 5.73 Å². The zero-order valence-corrected chi connectivity index (χ0v) is 10.9. The smallest absolute Gasteiger partial charge is 0.0359 e. The van der Waals surface area contributed by atoms with Gasteiger partial charge < -0.3 is 5.73 Å². The zero-order valence-electron chi connectivity index (χ0n) is 9.27. The summed E-state index contributed by atoms with van der Waals surface area (Å²) in [4.78, 5) is 2.35. The Bertz CT molecular complexity index is 263. The molecule has 0 bridgehead atoms. The lowest BCUT2D eigenvalue weighted by molar-refractivity contribution is 0.296. The van der Waals surface area contributed by atoms with Gasteiger partial charge in [0.15, 0.2) is 0 Å². The first-order valence-corrected chi connectivity index (χ1v) is 4.83. The average molecular weight is 251 g/mol. The summed E-state index contributed by atoms with van der Waals surface area (Å²) in [5, 5.41) is 0. The van der Waals surface area contributed by atoms with Gasteiger partial charge in [-0.2, -0.15) is 0 Å². The number of nitrogens with zero attached hydrogens (tertiary/aromatic N) is 1. The van der Waals surface area contributed by atoms with E-state index >= 15 is 0 Å². The molecule has 0 aromatic heterocycles. The Kier molecular flexibility index (Phi) is 10.00. The van der Waals surface area contributed by atoms with Gasteiger partial charge in [-0.25, -0.2) is 0 Å². The lowest BCUT2D eigenvalue weighted by Gasteiger charge is -2.18. The molecular formula is C11H20Cl2N2. The Labute approximate surface area is 105 Å². The molecule has 2 nitrogen and oxygen atoms in total. The molecule has 1 aromatic carbocycles. The number of benzene rings is 1. The Balaban J connectivity index is 0. The van der Waals surface area contributed by atoms with E-state index in [1.807, 2.05) is 18.2 Å². The number of para-hydroxylation sites is 1. The normalized spacial score (nSPS) is 9.27. The third-order valence-corrected chi connectivity index (χ3v) is 2.34. The maximum atomic E-state index is 5.85. The molecule has 0 aliphatic rings. The van der Waals surface area contributed by atoms with Gasteiger partial charge in [-0.1, -0.05) is 32.0 Å². The quantitative estimate of drug-likeness (QED) is 0.833. The van der Waals surface area contributed by atoms with Gasteiger partial charge in [-0.05, 0) is 24.7 Å². The van der Waals surface area contributed by atoms with E-state index in [1.54, 1.807) is 0 Å². The predicted octanol–water partition coefficient (Wildman–Crippen LogP) is 2.95. The van der Waals surface area contributed by atoms with E-state index < -0.39 is 0 Å². The van der Waals surface area contributed by atoms with E-state index in [0.717, 1.165) is 25.3 Å². The molecule has 0 saturated carbocycles. The van der Waals surface area contributed by atoms with Crippen LogP contribution in [0.5, 0.6) is 0 Å². The molecular weight excluding hydrogens is 231 g/mol. The Morgan fingerprint density at radius 3 is 2.07 bits per heavy atom. The van der Waals surface area contributed by atoms with Crippen LogP contribution in [0.3, 0.4) is 0 Å². The van der Waals surface area contributed by atoms with Gasteiger partial charge in [0.25, 0.3) is 0 Å². The summed E-state index contributed by atoms with van der Waals surface area (Å²) in [5.41, 5.74) is 7.98. The number of nitrogen functional groups attached to an aromatic ring is 1. The summed E-state index contributed by atoms with van der Waals surface area (Å²) >= 11 is 0. The van der Waals surface area contributed by atoms with Crippen molar-refractivity contribution in [2.75, 3.05) is 18.8 Å².